The second kappa shape index (κ2) is 13.3. The number of carbonyl (C=O) groups is 3. The highest BCUT2D eigenvalue weighted by Gasteiger charge is 2.33. The minimum Gasteiger partial charge on any atom is -0.477 e. The van der Waals surface area contributed by atoms with E-state index in [2.05, 4.69) is 10.3 Å². The van der Waals surface area contributed by atoms with E-state index in [1.54, 1.807) is 27.7 Å². The van der Waals surface area contributed by atoms with Gasteiger partial charge in [-0.15, -0.1) is 0 Å². The van der Waals surface area contributed by atoms with E-state index < -0.39 is 29.8 Å². The summed E-state index contributed by atoms with van der Waals surface area (Å²) in [5.41, 5.74) is 2.10. The Morgan fingerprint density at radius 1 is 1.14 bits per heavy atom. The molecule has 0 spiro atoms. The third-order valence-corrected chi connectivity index (χ3v) is 8.08. The van der Waals surface area contributed by atoms with Gasteiger partial charge in [-0.05, 0) is 70.2 Å². The Morgan fingerprint density at radius 3 is 2.45 bits per heavy atom. The Hall–Kier alpha value is -3.96. The van der Waals surface area contributed by atoms with Gasteiger partial charge in [0.05, 0.1) is 18.3 Å². The molecular formula is C31H38N4O6S. The molecule has 10 nitrogen and oxygen atoms in total. The van der Waals surface area contributed by atoms with Gasteiger partial charge in [-0.2, -0.15) is 0 Å². The van der Waals surface area contributed by atoms with Crippen LogP contribution < -0.4 is 10.2 Å². The minimum atomic E-state index is -1.02. The zero-order valence-corrected chi connectivity index (χ0v) is 25.2. The molecule has 42 heavy (non-hydrogen) atoms. The molecule has 0 unspecified atom stereocenters. The molecule has 1 fully saturated rings. The normalized spacial score (nSPS) is 15.7. The highest BCUT2D eigenvalue weighted by atomic mass is 32.1. The molecule has 1 aromatic heterocycles. The predicted molar refractivity (Wildman–Crippen MR) is 162 cm³/mol. The molecule has 1 saturated heterocycles. The van der Waals surface area contributed by atoms with Crippen LogP contribution in [0.25, 0.3) is 0 Å². The van der Waals surface area contributed by atoms with Crippen LogP contribution in [0, 0.1) is 6.92 Å². The molecule has 2 aromatic carbocycles. The second-order valence-corrected chi connectivity index (χ2v) is 12.3. The van der Waals surface area contributed by atoms with E-state index >= 15 is 0 Å². The summed E-state index contributed by atoms with van der Waals surface area (Å²) in [4.78, 5) is 45.5. The van der Waals surface area contributed by atoms with Crippen molar-refractivity contribution in [2.45, 2.75) is 64.7 Å². The van der Waals surface area contributed by atoms with E-state index in [0.717, 1.165) is 28.9 Å². The number of carboxylic acids is 1. The number of aryl methyl sites for hydroxylation is 1. The van der Waals surface area contributed by atoms with Crippen LogP contribution >= 0.6 is 11.3 Å². The van der Waals surface area contributed by atoms with Crippen LogP contribution in [-0.4, -0.2) is 69.3 Å². The summed E-state index contributed by atoms with van der Waals surface area (Å²) >= 11 is 1.09. The number of aromatic nitrogens is 1. The Bertz CT molecular complexity index is 1390. The van der Waals surface area contributed by atoms with Gasteiger partial charge in [0.2, 0.25) is 5.91 Å². The predicted octanol–water partition coefficient (Wildman–Crippen LogP) is 5.27. The Labute approximate surface area is 249 Å². The number of aromatic carboxylic acids is 1. The van der Waals surface area contributed by atoms with Gasteiger partial charge in [-0.25, -0.2) is 14.6 Å². The highest BCUT2D eigenvalue weighted by Crippen LogP contribution is 2.32. The van der Waals surface area contributed by atoms with Gasteiger partial charge in [0.25, 0.3) is 0 Å². The van der Waals surface area contributed by atoms with Crippen LogP contribution in [0.15, 0.2) is 54.6 Å². The van der Waals surface area contributed by atoms with Crippen molar-refractivity contribution in [3.63, 3.8) is 0 Å². The molecule has 0 bridgehead atoms. The number of amides is 2. The fourth-order valence-corrected chi connectivity index (χ4v) is 5.77. The van der Waals surface area contributed by atoms with Crippen molar-refractivity contribution in [2.75, 3.05) is 29.9 Å². The van der Waals surface area contributed by atoms with E-state index in [4.69, 9.17) is 4.74 Å². The first kappa shape index (κ1) is 31.0. The molecule has 0 aliphatic carbocycles. The number of aliphatic hydroxyl groups is 1. The van der Waals surface area contributed by atoms with Crippen LogP contribution in [0.5, 0.6) is 0 Å². The summed E-state index contributed by atoms with van der Waals surface area (Å²) in [7, 11) is 0. The van der Waals surface area contributed by atoms with Gasteiger partial charge in [0.15, 0.2) is 5.13 Å². The van der Waals surface area contributed by atoms with Crippen molar-refractivity contribution in [1.82, 2.24) is 9.88 Å². The van der Waals surface area contributed by atoms with Gasteiger partial charge in [-0.1, -0.05) is 53.8 Å². The fraction of sp³-hybridized carbons (Fsp3) is 0.419. The number of carboxylic acid groups (broad SMARTS) is 1. The van der Waals surface area contributed by atoms with Crippen molar-refractivity contribution < 1.29 is 29.3 Å². The first-order chi connectivity index (χ1) is 19.9. The van der Waals surface area contributed by atoms with Crippen molar-refractivity contribution in [2.24, 2.45) is 0 Å². The molecule has 2 heterocycles. The molecule has 224 valence electrons. The third-order valence-electron chi connectivity index (χ3n) is 6.90. The quantitative estimate of drug-likeness (QED) is 0.289. The van der Waals surface area contributed by atoms with Crippen LogP contribution in [0.1, 0.15) is 66.2 Å². The van der Waals surface area contributed by atoms with Crippen LogP contribution in [0.2, 0.25) is 0 Å². The molecule has 1 aliphatic rings. The molecular weight excluding hydrogens is 556 g/mol. The fourth-order valence-electron chi connectivity index (χ4n) is 4.79. The number of benzene rings is 2. The van der Waals surface area contributed by atoms with Crippen molar-refractivity contribution in [1.29, 1.82) is 0 Å². The summed E-state index contributed by atoms with van der Waals surface area (Å²) in [5.74, 6) is -1.19. The van der Waals surface area contributed by atoms with Gasteiger partial charge in [-0.3, -0.25) is 4.79 Å². The third kappa shape index (κ3) is 8.07. The molecule has 3 N–H and O–H groups in total. The molecule has 3 aromatic rings. The number of nitrogens with zero attached hydrogens (tertiary/aromatic N) is 3. The summed E-state index contributed by atoms with van der Waals surface area (Å²) in [6.07, 6.45) is 0.649. The maximum Gasteiger partial charge on any atom is 0.410 e. The lowest BCUT2D eigenvalue weighted by atomic mass is 10.1. The Morgan fingerprint density at radius 2 is 1.83 bits per heavy atom. The van der Waals surface area contributed by atoms with Crippen molar-refractivity contribution >= 4 is 40.1 Å². The molecule has 0 radical (unpaired) electrons. The summed E-state index contributed by atoms with van der Waals surface area (Å²) in [6.45, 7) is 8.15. The first-order valence-corrected chi connectivity index (χ1v) is 14.8. The maximum absolute atomic E-state index is 13.2. The summed E-state index contributed by atoms with van der Waals surface area (Å²) < 4.78 is 5.59. The zero-order valence-electron chi connectivity index (χ0n) is 24.4. The van der Waals surface area contributed by atoms with E-state index in [1.165, 1.54) is 4.90 Å². The average molecular weight is 595 g/mol. The standard InChI is InChI=1S/C31H38N4O6S/c1-20-26(28(38)39)42-29(32-20)35-17-8-11-24(35)27(37)33-23-14-12-21(13-15-23)16-18-34(30(40)41-31(2,3)4)19-25(36)22-9-6-5-7-10-22/h5-7,9-10,12-15,24-25,36H,8,11,16-19H2,1-4H3,(H,33,37)(H,38,39)/t24-,25-/m0/s1. The highest BCUT2D eigenvalue weighted by molar-refractivity contribution is 7.17. The molecule has 4 rings (SSSR count). The molecule has 2 atom stereocenters. The SMILES string of the molecule is Cc1nc(N2CCC[C@H]2C(=O)Nc2ccc(CCN(C[C@H](O)c3ccccc3)C(=O)OC(C)(C)C)cc2)sc1C(=O)O. The number of carbonyl (C=O) groups excluding carboxylic acids is 2. The van der Waals surface area contributed by atoms with Gasteiger partial charge >= 0.3 is 12.1 Å². The molecule has 1 aliphatic heterocycles. The van der Waals surface area contributed by atoms with Crippen molar-refractivity contribution in [3.8, 4) is 0 Å². The molecule has 0 saturated carbocycles. The van der Waals surface area contributed by atoms with E-state index in [9.17, 15) is 24.6 Å². The van der Waals surface area contributed by atoms with E-state index in [0.29, 0.717) is 42.4 Å². The van der Waals surface area contributed by atoms with Crippen LogP contribution in [0.4, 0.5) is 15.6 Å². The summed E-state index contributed by atoms with van der Waals surface area (Å²) in [6, 6.07) is 16.2. The molecule has 11 heteroatoms. The summed E-state index contributed by atoms with van der Waals surface area (Å²) in [5, 5.41) is 23.6. The monoisotopic (exact) mass is 594 g/mol. The lowest BCUT2D eigenvalue weighted by Gasteiger charge is -2.29. The number of rotatable bonds is 10. The molecule has 2 amide bonds. The second-order valence-electron chi connectivity index (χ2n) is 11.4. The first-order valence-electron chi connectivity index (χ1n) is 14.0. The van der Waals surface area contributed by atoms with Gasteiger partial charge in [0, 0.05) is 18.8 Å². The maximum atomic E-state index is 13.2. The largest absolute Gasteiger partial charge is 0.477 e. The lowest BCUT2D eigenvalue weighted by Crippen LogP contribution is -2.40. The Balaban J connectivity index is 1.37. The number of thiazole rings is 1. The average Bonchev–Trinajstić information content (AvgIpc) is 3.58. The van der Waals surface area contributed by atoms with E-state index in [1.807, 2.05) is 59.5 Å². The van der Waals surface area contributed by atoms with E-state index in [-0.39, 0.29) is 17.3 Å². The number of hydrogen-bond acceptors (Lipinski definition) is 8. The topological polar surface area (TPSA) is 132 Å². The number of hydrogen-bond donors (Lipinski definition) is 3. The lowest BCUT2D eigenvalue weighted by molar-refractivity contribution is -0.117. The number of nitrogens with one attached hydrogen (secondary N) is 1. The minimum absolute atomic E-state index is 0.0948. The smallest absolute Gasteiger partial charge is 0.410 e. The van der Waals surface area contributed by atoms with Gasteiger partial charge < -0.3 is 30.1 Å². The van der Waals surface area contributed by atoms with Crippen LogP contribution in [0.3, 0.4) is 0 Å². The van der Waals surface area contributed by atoms with Crippen molar-refractivity contribution in [3.05, 3.63) is 76.3 Å². The number of ether oxygens (including phenoxy) is 1. The van der Waals surface area contributed by atoms with Gasteiger partial charge in [0.1, 0.15) is 16.5 Å². The Kier molecular flexibility index (Phi) is 9.85. The number of aliphatic hydroxyl groups excluding tert-OH is 1. The zero-order chi connectivity index (χ0) is 30.4. The number of anilines is 2. The van der Waals surface area contributed by atoms with Crippen LogP contribution in [-0.2, 0) is 16.0 Å².